The van der Waals surface area contributed by atoms with Crippen LogP contribution >= 0.6 is 0 Å². The van der Waals surface area contributed by atoms with Gasteiger partial charge in [0.25, 0.3) is 0 Å². The van der Waals surface area contributed by atoms with E-state index in [2.05, 4.69) is 0 Å². The third-order valence-corrected chi connectivity index (χ3v) is 1.54. The fourth-order valence-electron chi connectivity index (χ4n) is 0.963. The first-order chi connectivity index (χ1) is 5.20. The van der Waals surface area contributed by atoms with E-state index in [9.17, 15) is 0 Å². The van der Waals surface area contributed by atoms with E-state index >= 15 is 0 Å². The van der Waals surface area contributed by atoms with Crippen molar-refractivity contribution in [2.24, 2.45) is 5.92 Å². The molecule has 0 heterocycles. The Morgan fingerprint density at radius 3 is 2.36 bits per heavy atom. The van der Waals surface area contributed by atoms with E-state index in [-0.39, 0.29) is 25.2 Å². The van der Waals surface area contributed by atoms with E-state index < -0.39 is 0 Å². The first-order valence-corrected chi connectivity index (χ1v) is 4.04. The highest BCUT2D eigenvalue weighted by atomic mass is 16.5. The second-order valence-electron chi connectivity index (χ2n) is 2.93. The molecule has 2 N–H and O–H groups in total. The molecule has 0 rings (SSSR count). The minimum Gasteiger partial charge on any atom is -0.396 e. The summed E-state index contributed by atoms with van der Waals surface area (Å²) in [5.41, 5.74) is 0. The van der Waals surface area contributed by atoms with Crippen LogP contribution in [0.4, 0.5) is 0 Å². The van der Waals surface area contributed by atoms with Gasteiger partial charge in [0.1, 0.15) is 0 Å². The maximum atomic E-state index is 8.70. The van der Waals surface area contributed by atoms with Gasteiger partial charge in [0.05, 0.1) is 19.3 Å². The number of ether oxygens (including phenoxy) is 1. The van der Waals surface area contributed by atoms with Gasteiger partial charge in [0.15, 0.2) is 0 Å². The molecular weight excluding hydrogens is 144 g/mol. The lowest BCUT2D eigenvalue weighted by atomic mass is 10.1. The number of hydrogen-bond acceptors (Lipinski definition) is 3. The molecule has 0 bridgehead atoms. The Hall–Kier alpha value is -0.120. The first-order valence-electron chi connectivity index (χ1n) is 4.04. The lowest BCUT2D eigenvalue weighted by Gasteiger charge is -2.15. The lowest BCUT2D eigenvalue weighted by molar-refractivity contribution is 0.0220. The summed E-state index contributed by atoms with van der Waals surface area (Å²) in [4.78, 5) is 0. The van der Waals surface area contributed by atoms with Crippen molar-refractivity contribution in [2.75, 3.05) is 19.8 Å². The topological polar surface area (TPSA) is 49.7 Å². The molecule has 3 nitrogen and oxygen atoms in total. The molecule has 11 heavy (non-hydrogen) atoms. The zero-order valence-electron chi connectivity index (χ0n) is 7.29. The Morgan fingerprint density at radius 1 is 1.27 bits per heavy atom. The van der Waals surface area contributed by atoms with Crippen LogP contribution in [-0.4, -0.2) is 36.1 Å². The van der Waals surface area contributed by atoms with Crippen molar-refractivity contribution < 1.29 is 14.9 Å². The smallest absolute Gasteiger partial charge is 0.0701 e. The van der Waals surface area contributed by atoms with E-state index in [1.165, 1.54) is 0 Å². The van der Waals surface area contributed by atoms with Crippen molar-refractivity contribution in [2.45, 2.75) is 26.4 Å². The number of rotatable bonds is 6. The third-order valence-electron chi connectivity index (χ3n) is 1.54. The summed E-state index contributed by atoms with van der Waals surface area (Å²) >= 11 is 0. The molecule has 0 radical (unpaired) electrons. The summed E-state index contributed by atoms with van der Waals surface area (Å²) in [6.45, 7) is 4.57. The fourth-order valence-corrected chi connectivity index (χ4v) is 0.963. The molecule has 0 aromatic rings. The van der Waals surface area contributed by atoms with Crippen molar-refractivity contribution in [3.63, 3.8) is 0 Å². The Labute approximate surface area is 68.0 Å². The van der Waals surface area contributed by atoms with Gasteiger partial charge in [-0.3, -0.25) is 0 Å². The molecule has 68 valence electrons. The van der Waals surface area contributed by atoms with Gasteiger partial charge in [-0.1, -0.05) is 6.92 Å². The van der Waals surface area contributed by atoms with Crippen LogP contribution in [0.5, 0.6) is 0 Å². The highest BCUT2D eigenvalue weighted by Gasteiger charge is 2.06. The van der Waals surface area contributed by atoms with Gasteiger partial charge in [-0.05, 0) is 19.3 Å². The van der Waals surface area contributed by atoms with Crippen molar-refractivity contribution in [1.29, 1.82) is 0 Å². The second kappa shape index (κ2) is 6.58. The van der Waals surface area contributed by atoms with Crippen LogP contribution in [0.3, 0.4) is 0 Å². The van der Waals surface area contributed by atoms with Gasteiger partial charge in [0, 0.05) is 6.61 Å². The van der Waals surface area contributed by atoms with E-state index in [0.29, 0.717) is 6.61 Å². The van der Waals surface area contributed by atoms with Gasteiger partial charge in [-0.2, -0.15) is 0 Å². The van der Waals surface area contributed by atoms with Crippen LogP contribution in [0.25, 0.3) is 0 Å². The molecule has 2 unspecified atom stereocenters. The molecule has 0 saturated heterocycles. The van der Waals surface area contributed by atoms with Gasteiger partial charge in [0.2, 0.25) is 0 Å². The molecule has 0 spiro atoms. The molecule has 0 saturated carbocycles. The normalized spacial score (nSPS) is 16.4. The fraction of sp³-hybridized carbons (Fsp3) is 1.00. The quantitative estimate of drug-likeness (QED) is 0.594. The minimum atomic E-state index is 0.0673. The average Bonchev–Trinajstić information content (AvgIpc) is 2.00. The summed E-state index contributed by atoms with van der Waals surface area (Å²) in [7, 11) is 0. The highest BCUT2D eigenvalue weighted by molar-refractivity contribution is 4.56. The van der Waals surface area contributed by atoms with Crippen molar-refractivity contribution in [3.05, 3.63) is 0 Å². The van der Waals surface area contributed by atoms with Crippen LogP contribution < -0.4 is 0 Å². The van der Waals surface area contributed by atoms with Crippen LogP contribution in [0, 0.1) is 5.92 Å². The Kier molecular flexibility index (Phi) is 6.51. The number of aliphatic hydroxyl groups excluding tert-OH is 2. The molecule has 0 aromatic carbocycles. The lowest BCUT2D eigenvalue weighted by Crippen LogP contribution is -2.16. The second-order valence-corrected chi connectivity index (χ2v) is 2.93. The summed E-state index contributed by atoms with van der Waals surface area (Å²) in [6.07, 6.45) is 0.973. The predicted molar refractivity (Wildman–Crippen MR) is 43.4 cm³/mol. The van der Waals surface area contributed by atoms with E-state index in [4.69, 9.17) is 14.9 Å². The standard InChI is InChI=1S/C8H18O3/c1-7(6-10)5-8(2)11-4-3-9/h7-10H,3-6H2,1-2H3. The van der Waals surface area contributed by atoms with E-state index in [0.717, 1.165) is 6.42 Å². The molecule has 0 aliphatic heterocycles. The minimum absolute atomic E-state index is 0.0673. The Morgan fingerprint density at radius 2 is 1.91 bits per heavy atom. The van der Waals surface area contributed by atoms with E-state index in [1.54, 1.807) is 0 Å². The molecule has 2 atom stereocenters. The molecule has 0 aliphatic carbocycles. The van der Waals surface area contributed by atoms with Gasteiger partial charge < -0.3 is 14.9 Å². The van der Waals surface area contributed by atoms with Crippen LogP contribution in [0.15, 0.2) is 0 Å². The summed E-state index contributed by atoms with van der Waals surface area (Å²) in [5.74, 6) is 0.281. The summed E-state index contributed by atoms with van der Waals surface area (Å²) < 4.78 is 5.20. The van der Waals surface area contributed by atoms with Gasteiger partial charge >= 0.3 is 0 Å². The summed E-state index contributed by atoms with van der Waals surface area (Å²) in [6, 6.07) is 0. The molecule has 0 amide bonds. The van der Waals surface area contributed by atoms with Crippen LogP contribution in [-0.2, 0) is 4.74 Å². The molecular formula is C8H18O3. The van der Waals surface area contributed by atoms with Gasteiger partial charge in [-0.15, -0.1) is 0 Å². The number of aliphatic hydroxyl groups is 2. The average molecular weight is 162 g/mol. The number of hydrogen-bond donors (Lipinski definition) is 2. The van der Waals surface area contributed by atoms with E-state index in [1.807, 2.05) is 13.8 Å². The van der Waals surface area contributed by atoms with Crippen LogP contribution in [0.2, 0.25) is 0 Å². The Balaban J connectivity index is 3.27. The zero-order valence-corrected chi connectivity index (χ0v) is 7.29. The van der Waals surface area contributed by atoms with Crippen LogP contribution in [0.1, 0.15) is 20.3 Å². The van der Waals surface area contributed by atoms with Gasteiger partial charge in [-0.25, -0.2) is 0 Å². The molecule has 0 aliphatic rings. The van der Waals surface area contributed by atoms with Crippen molar-refractivity contribution >= 4 is 0 Å². The third kappa shape index (κ3) is 6.28. The maximum absolute atomic E-state index is 8.70. The first kappa shape index (κ1) is 10.9. The molecule has 0 fully saturated rings. The molecule has 0 aromatic heterocycles. The maximum Gasteiger partial charge on any atom is 0.0701 e. The zero-order chi connectivity index (χ0) is 8.69. The van der Waals surface area contributed by atoms with Crippen molar-refractivity contribution in [1.82, 2.24) is 0 Å². The van der Waals surface area contributed by atoms with Crippen molar-refractivity contribution in [3.8, 4) is 0 Å². The molecule has 3 heteroatoms. The monoisotopic (exact) mass is 162 g/mol. The largest absolute Gasteiger partial charge is 0.396 e. The SMILES string of the molecule is CC(CO)CC(C)OCCO. The Bertz CT molecular complexity index is 85.4. The highest BCUT2D eigenvalue weighted by Crippen LogP contribution is 2.07. The predicted octanol–water partition coefficient (Wildman–Crippen LogP) is 0.402. The summed E-state index contributed by atoms with van der Waals surface area (Å²) in [5, 5.41) is 17.1.